The van der Waals surface area contributed by atoms with Gasteiger partial charge in [-0.3, -0.25) is 4.79 Å². The van der Waals surface area contributed by atoms with Crippen LogP contribution in [0.2, 0.25) is 0 Å². The van der Waals surface area contributed by atoms with Crippen LogP contribution in [-0.4, -0.2) is 25.1 Å². The Morgan fingerprint density at radius 1 is 1.14 bits per heavy atom. The summed E-state index contributed by atoms with van der Waals surface area (Å²) in [6, 6.07) is 15.5. The van der Waals surface area contributed by atoms with Gasteiger partial charge in [-0.25, -0.2) is 4.79 Å². The topological polar surface area (TPSA) is 64.6 Å². The highest BCUT2D eigenvalue weighted by molar-refractivity contribution is 7.09. The van der Waals surface area contributed by atoms with Gasteiger partial charge < -0.3 is 14.8 Å². The van der Waals surface area contributed by atoms with Gasteiger partial charge >= 0.3 is 5.97 Å². The van der Waals surface area contributed by atoms with Crippen LogP contribution in [0.15, 0.2) is 60.0 Å². The van der Waals surface area contributed by atoms with Gasteiger partial charge in [-0.1, -0.05) is 24.3 Å². The van der Waals surface area contributed by atoms with E-state index in [1.807, 2.05) is 53.9 Å². The lowest BCUT2D eigenvalue weighted by Crippen LogP contribution is -2.34. The highest BCUT2D eigenvalue weighted by Crippen LogP contribution is 2.22. The summed E-state index contributed by atoms with van der Waals surface area (Å²) in [6.45, 7) is 1.98. The van der Waals surface area contributed by atoms with E-state index < -0.39 is 12.1 Å². The van der Waals surface area contributed by atoms with Crippen molar-refractivity contribution >= 4 is 40.1 Å². The molecular weight excluding hydrogens is 374 g/mol. The minimum atomic E-state index is -0.860. The standard InChI is InChI=1S/C22H21NO4S/c1-15(22(25)23-14-20-4-3-11-28-20)27-21(24)10-6-16-5-7-18-13-19(26-2)9-8-17(18)12-16/h3-13,15H,14H2,1-2H3,(H,23,25)/b10-6+/t15-/m1/s1. The first kappa shape index (κ1) is 19.6. The van der Waals surface area contributed by atoms with Gasteiger partial charge in [0.1, 0.15) is 5.75 Å². The number of hydrogen-bond acceptors (Lipinski definition) is 5. The molecule has 0 aliphatic rings. The second-order valence-corrected chi connectivity index (χ2v) is 7.21. The maximum atomic E-state index is 12.0. The Morgan fingerprint density at radius 2 is 1.93 bits per heavy atom. The fourth-order valence-corrected chi connectivity index (χ4v) is 3.28. The average Bonchev–Trinajstić information content (AvgIpc) is 3.23. The number of carbonyl (C=O) groups excluding carboxylic acids is 2. The molecule has 28 heavy (non-hydrogen) atoms. The second-order valence-electron chi connectivity index (χ2n) is 6.18. The second kappa shape index (κ2) is 9.19. The molecule has 0 radical (unpaired) electrons. The van der Waals surface area contributed by atoms with Gasteiger partial charge in [0.2, 0.25) is 0 Å². The molecule has 0 saturated heterocycles. The third-order valence-electron chi connectivity index (χ3n) is 4.16. The first-order valence-corrected chi connectivity index (χ1v) is 9.70. The Hall–Kier alpha value is -3.12. The molecule has 0 bridgehead atoms. The van der Waals surface area contributed by atoms with Gasteiger partial charge in [0.15, 0.2) is 6.10 Å². The average molecular weight is 395 g/mol. The number of rotatable bonds is 7. The molecular formula is C22H21NO4S. The smallest absolute Gasteiger partial charge is 0.331 e. The third-order valence-corrected chi connectivity index (χ3v) is 5.04. The summed E-state index contributed by atoms with van der Waals surface area (Å²) >= 11 is 1.56. The summed E-state index contributed by atoms with van der Waals surface area (Å²) in [7, 11) is 1.63. The van der Waals surface area contributed by atoms with Crippen molar-refractivity contribution in [2.24, 2.45) is 0 Å². The number of hydrogen-bond donors (Lipinski definition) is 1. The van der Waals surface area contributed by atoms with E-state index in [9.17, 15) is 9.59 Å². The molecule has 1 N–H and O–H groups in total. The van der Waals surface area contributed by atoms with Crippen LogP contribution in [0.4, 0.5) is 0 Å². The van der Waals surface area contributed by atoms with Crippen molar-refractivity contribution in [1.29, 1.82) is 0 Å². The lowest BCUT2D eigenvalue weighted by molar-refractivity contribution is -0.150. The predicted molar refractivity (Wildman–Crippen MR) is 111 cm³/mol. The molecule has 1 aromatic heterocycles. The summed E-state index contributed by atoms with van der Waals surface area (Å²) in [5, 5.41) is 6.79. The Morgan fingerprint density at radius 3 is 2.68 bits per heavy atom. The molecule has 1 amide bonds. The number of fused-ring (bicyclic) bond motifs is 1. The number of nitrogens with one attached hydrogen (secondary N) is 1. The van der Waals surface area contributed by atoms with Crippen LogP contribution < -0.4 is 10.1 Å². The Labute approximate surface area is 167 Å². The maximum absolute atomic E-state index is 12.0. The Kier molecular flexibility index (Phi) is 6.45. The van der Waals surface area contributed by atoms with E-state index in [0.29, 0.717) is 6.54 Å². The van der Waals surface area contributed by atoms with Gasteiger partial charge in [-0.05, 0) is 59.0 Å². The predicted octanol–water partition coefficient (Wildman–Crippen LogP) is 4.17. The third kappa shape index (κ3) is 5.20. The van der Waals surface area contributed by atoms with E-state index in [-0.39, 0.29) is 5.91 Å². The number of ether oxygens (including phenoxy) is 2. The summed E-state index contributed by atoms with van der Waals surface area (Å²) in [5.74, 6) is -0.0888. The van der Waals surface area contributed by atoms with Crippen LogP contribution in [0.5, 0.6) is 5.75 Å². The van der Waals surface area contributed by atoms with Crippen LogP contribution in [0.1, 0.15) is 17.4 Å². The summed E-state index contributed by atoms with van der Waals surface area (Å²) < 4.78 is 10.4. The zero-order valence-corrected chi connectivity index (χ0v) is 16.5. The van der Waals surface area contributed by atoms with E-state index in [1.54, 1.807) is 31.4 Å². The molecule has 0 unspecified atom stereocenters. The molecule has 0 saturated carbocycles. The van der Waals surface area contributed by atoms with Gasteiger partial charge in [0.05, 0.1) is 13.7 Å². The van der Waals surface area contributed by atoms with E-state index >= 15 is 0 Å². The number of carbonyl (C=O) groups is 2. The van der Waals surface area contributed by atoms with Crippen molar-refractivity contribution < 1.29 is 19.1 Å². The minimum Gasteiger partial charge on any atom is -0.497 e. The molecule has 0 fully saturated rings. The first-order chi connectivity index (χ1) is 13.5. The molecule has 0 aliphatic carbocycles. The van der Waals surface area contributed by atoms with Crippen LogP contribution in [0.3, 0.4) is 0 Å². The molecule has 0 spiro atoms. The number of amides is 1. The van der Waals surface area contributed by atoms with E-state index in [1.165, 1.54) is 6.08 Å². The zero-order chi connectivity index (χ0) is 19.9. The maximum Gasteiger partial charge on any atom is 0.331 e. The van der Waals surface area contributed by atoms with Crippen molar-refractivity contribution in [2.75, 3.05) is 7.11 Å². The van der Waals surface area contributed by atoms with Crippen LogP contribution in [-0.2, 0) is 20.9 Å². The molecule has 5 nitrogen and oxygen atoms in total. The van der Waals surface area contributed by atoms with E-state index in [4.69, 9.17) is 9.47 Å². The van der Waals surface area contributed by atoms with Gasteiger partial charge in [-0.15, -0.1) is 11.3 Å². The summed E-state index contributed by atoms with van der Waals surface area (Å²) in [5.41, 5.74) is 0.865. The molecule has 6 heteroatoms. The van der Waals surface area contributed by atoms with Crippen molar-refractivity contribution in [3.8, 4) is 5.75 Å². The zero-order valence-electron chi connectivity index (χ0n) is 15.7. The number of benzene rings is 2. The molecule has 3 rings (SSSR count). The molecule has 144 valence electrons. The highest BCUT2D eigenvalue weighted by atomic mass is 32.1. The highest BCUT2D eigenvalue weighted by Gasteiger charge is 2.16. The van der Waals surface area contributed by atoms with Gasteiger partial charge in [-0.2, -0.15) is 0 Å². The van der Waals surface area contributed by atoms with Crippen molar-refractivity contribution in [3.05, 3.63) is 70.4 Å². The van der Waals surface area contributed by atoms with E-state index in [2.05, 4.69) is 5.32 Å². The molecule has 2 aromatic carbocycles. The van der Waals surface area contributed by atoms with Crippen LogP contribution in [0, 0.1) is 0 Å². The number of methoxy groups -OCH3 is 1. The van der Waals surface area contributed by atoms with E-state index in [0.717, 1.165) is 27.0 Å². The largest absolute Gasteiger partial charge is 0.497 e. The lowest BCUT2D eigenvalue weighted by atomic mass is 10.1. The fraction of sp³-hybridized carbons (Fsp3) is 0.182. The Bertz CT molecular complexity index is 995. The van der Waals surface area contributed by atoms with Gasteiger partial charge in [0.25, 0.3) is 5.91 Å². The lowest BCUT2D eigenvalue weighted by Gasteiger charge is -2.11. The monoisotopic (exact) mass is 395 g/mol. The molecule has 1 heterocycles. The normalized spacial score (nSPS) is 12.1. The van der Waals surface area contributed by atoms with Crippen LogP contribution >= 0.6 is 11.3 Å². The first-order valence-electron chi connectivity index (χ1n) is 8.82. The fourth-order valence-electron chi connectivity index (χ4n) is 2.64. The van der Waals surface area contributed by atoms with Gasteiger partial charge in [0, 0.05) is 11.0 Å². The minimum absolute atomic E-state index is 0.324. The number of thiophene rings is 1. The Balaban J connectivity index is 1.55. The number of esters is 1. The van der Waals surface area contributed by atoms with Crippen molar-refractivity contribution in [2.45, 2.75) is 19.6 Å². The summed E-state index contributed by atoms with van der Waals surface area (Å²) in [6.07, 6.45) is 2.14. The quantitative estimate of drug-likeness (QED) is 0.482. The molecule has 3 aromatic rings. The van der Waals surface area contributed by atoms with Crippen molar-refractivity contribution in [3.63, 3.8) is 0 Å². The molecule has 0 aliphatic heterocycles. The van der Waals surface area contributed by atoms with Crippen molar-refractivity contribution in [1.82, 2.24) is 5.32 Å². The SMILES string of the molecule is COc1ccc2cc(/C=C/C(=O)O[C@H](C)C(=O)NCc3cccs3)ccc2c1. The van der Waals surface area contributed by atoms with Crippen LogP contribution in [0.25, 0.3) is 16.8 Å². The molecule has 1 atom stereocenters. The summed E-state index contributed by atoms with van der Waals surface area (Å²) in [4.78, 5) is 25.1.